The molecular weight excluding hydrogens is 462 g/mol. The highest BCUT2D eigenvalue weighted by Crippen LogP contribution is 2.33. The number of hydrogen-bond donors (Lipinski definition) is 1. The molecule has 0 atom stereocenters. The number of nitrogens with one attached hydrogen (secondary N) is 1. The van der Waals surface area contributed by atoms with Crippen LogP contribution >= 0.6 is 27.7 Å². The van der Waals surface area contributed by atoms with E-state index in [2.05, 4.69) is 21.2 Å². The molecule has 0 aliphatic carbocycles. The number of thioether (sulfide) groups is 1. The smallest absolute Gasteiger partial charge is 0.293 e. The predicted molar refractivity (Wildman–Crippen MR) is 113 cm³/mol. The quantitative estimate of drug-likeness (QED) is 0.376. The molecule has 1 fully saturated rings. The maximum Gasteiger partial charge on any atom is 0.293 e. The van der Waals surface area contributed by atoms with Crippen LogP contribution in [0.1, 0.15) is 12.0 Å². The Kier molecular flexibility index (Phi) is 6.45. The van der Waals surface area contributed by atoms with E-state index in [4.69, 9.17) is 0 Å². The number of nitro groups is 1. The third-order valence-electron chi connectivity index (χ3n) is 4.00. The van der Waals surface area contributed by atoms with Crippen LogP contribution in [0.15, 0.2) is 57.9 Å². The van der Waals surface area contributed by atoms with Gasteiger partial charge in [-0.3, -0.25) is 29.4 Å². The third-order valence-corrected chi connectivity index (χ3v) is 5.63. The fraction of sp³-hybridized carbons (Fsp3) is 0.105. The van der Waals surface area contributed by atoms with Crippen molar-refractivity contribution >= 4 is 62.2 Å². The molecule has 0 radical (unpaired) electrons. The first kappa shape index (κ1) is 20.7. The lowest BCUT2D eigenvalue weighted by atomic mass is 10.2. The number of halogens is 1. The zero-order chi connectivity index (χ0) is 21.0. The molecule has 0 bridgehead atoms. The predicted octanol–water partition coefficient (Wildman–Crippen LogP) is 4.42. The Bertz CT molecular complexity index is 1040. The fourth-order valence-electron chi connectivity index (χ4n) is 2.59. The monoisotopic (exact) mass is 475 g/mol. The number of carbonyl (C=O) groups excluding carboxylic acids is 3. The average Bonchev–Trinajstić information content (AvgIpc) is 2.95. The number of para-hydroxylation sites is 2. The van der Waals surface area contributed by atoms with Crippen LogP contribution in [-0.2, 0) is 9.59 Å². The number of benzene rings is 2. The molecule has 1 saturated heterocycles. The first-order valence-electron chi connectivity index (χ1n) is 8.40. The summed E-state index contributed by atoms with van der Waals surface area (Å²) < 4.78 is 0.788. The van der Waals surface area contributed by atoms with Gasteiger partial charge < -0.3 is 5.32 Å². The molecule has 2 aromatic rings. The minimum Gasteiger partial charge on any atom is -0.320 e. The van der Waals surface area contributed by atoms with Crippen LogP contribution in [0.5, 0.6) is 0 Å². The van der Waals surface area contributed by atoms with Gasteiger partial charge in [0.05, 0.1) is 9.83 Å². The van der Waals surface area contributed by atoms with Crippen molar-refractivity contribution in [3.8, 4) is 0 Å². The maximum atomic E-state index is 12.5. The fourth-order valence-corrected chi connectivity index (χ4v) is 3.85. The van der Waals surface area contributed by atoms with Crippen LogP contribution in [0.2, 0.25) is 0 Å². The molecule has 148 valence electrons. The molecule has 3 amide bonds. The largest absolute Gasteiger partial charge is 0.320 e. The summed E-state index contributed by atoms with van der Waals surface area (Å²) in [6.45, 7) is -0.121. The molecule has 29 heavy (non-hydrogen) atoms. The van der Waals surface area contributed by atoms with Gasteiger partial charge in [0, 0.05) is 23.5 Å². The SMILES string of the molecule is O=C(CCN1C(=O)S/C(=C\c2ccccc2Br)C1=O)Nc1ccccc1[N+](=O)[O-]. The van der Waals surface area contributed by atoms with Gasteiger partial charge in [-0.1, -0.05) is 46.3 Å². The average molecular weight is 476 g/mol. The number of amides is 3. The van der Waals surface area contributed by atoms with E-state index < -0.39 is 22.0 Å². The van der Waals surface area contributed by atoms with Gasteiger partial charge in [-0.15, -0.1) is 0 Å². The summed E-state index contributed by atoms with van der Waals surface area (Å²) in [6, 6.07) is 13.0. The number of nitrogens with zero attached hydrogens (tertiary/aromatic N) is 2. The Hall–Kier alpha value is -2.98. The Morgan fingerprint density at radius 2 is 1.86 bits per heavy atom. The van der Waals surface area contributed by atoms with E-state index in [-0.39, 0.29) is 29.2 Å². The van der Waals surface area contributed by atoms with Crippen LogP contribution in [0.25, 0.3) is 6.08 Å². The van der Waals surface area contributed by atoms with E-state index >= 15 is 0 Å². The second kappa shape index (κ2) is 9.01. The molecule has 0 spiro atoms. The standard InChI is InChI=1S/C19H14BrN3O5S/c20-13-6-2-1-5-12(13)11-16-18(25)22(19(26)29-16)10-9-17(24)21-14-7-3-4-8-15(14)23(27)28/h1-8,11H,9-10H2,(H,21,24)/b16-11-. The van der Waals surface area contributed by atoms with Crippen LogP contribution in [-0.4, -0.2) is 33.4 Å². The highest BCUT2D eigenvalue weighted by atomic mass is 79.9. The van der Waals surface area contributed by atoms with Crippen molar-refractivity contribution in [1.82, 2.24) is 4.90 Å². The normalized spacial score (nSPS) is 15.1. The van der Waals surface area contributed by atoms with Gasteiger partial charge >= 0.3 is 0 Å². The zero-order valence-corrected chi connectivity index (χ0v) is 17.2. The summed E-state index contributed by atoms with van der Waals surface area (Å²) in [4.78, 5) is 48.5. The Balaban J connectivity index is 1.65. The number of hydrogen-bond acceptors (Lipinski definition) is 6. The summed E-state index contributed by atoms with van der Waals surface area (Å²) in [5.41, 5.74) is 0.584. The van der Waals surface area contributed by atoms with E-state index in [0.29, 0.717) is 0 Å². The first-order chi connectivity index (χ1) is 13.9. The summed E-state index contributed by atoms with van der Waals surface area (Å²) in [7, 11) is 0. The van der Waals surface area contributed by atoms with E-state index in [0.717, 1.165) is 26.7 Å². The van der Waals surface area contributed by atoms with Crippen molar-refractivity contribution in [2.45, 2.75) is 6.42 Å². The molecule has 8 nitrogen and oxygen atoms in total. The van der Waals surface area contributed by atoms with Gasteiger partial charge in [0.2, 0.25) is 5.91 Å². The van der Waals surface area contributed by atoms with Crippen molar-refractivity contribution in [2.24, 2.45) is 0 Å². The van der Waals surface area contributed by atoms with Gasteiger partial charge in [-0.05, 0) is 35.5 Å². The highest BCUT2D eigenvalue weighted by molar-refractivity contribution is 9.10. The van der Waals surface area contributed by atoms with Crippen molar-refractivity contribution in [3.63, 3.8) is 0 Å². The summed E-state index contributed by atoms with van der Waals surface area (Å²) in [5.74, 6) is -1.01. The minimum absolute atomic E-state index is 0.0606. The number of carbonyl (C=O) groups is 3. The molecule has 0 aromatic heterocycles. The Labute approximate surface area is 178 Å². The van der Waals surface area contributed by atoms with E-state index in [9.17, 15) is 24.5 Å². The number of rotatable bonds is 6. The first-order valence-corrected chi connectivity index (χ1v) is 10.0. The van der Waals surface area contributed by atoms with E-state index in [1.165, 1.54) is 18.2 Å². The van der Waals surface area contributed by atoms with Crippen LogP contribution < -0.4 is 5.32 Å². The summed E-state index contributed by atoms with van der Waals surface area (Å²) in [5, 5.41) is 13.0. The Morgan fingerprint density at radius 1 is 1.17 bits per heavy atom. The second-order valence-corrected chi connectivity index (χ2v) is 7.77. The molecule has 0 unspecified atom stereocenters. The van der Waals surface area contributed by atoms with Gasteiger partial charge in [0.1, 0.15) is 5.69 Å². The van der Waals surface area contributed by atoms with Gasteiger partial charge in [0.25, 0.3) is 16.8 Å². The molecule has 10 heteroatoms. The number of nitro benzene ring substituents is 1. The molecular formula is C19H14BrN3O5S. The molecule has 0 saturated carbocycles. The van der Waals surface area contributed by atoms with Gasteiger partial charge in [-0.2, -0.15) is 0 Å². The van der Waals surface area contributed by atoms with Gasteiger partial charge in [0.15, 0.2) is 0 Å². The molecule has 1 N–H and O–H groups in total. The number of imide groups is 1. The van der Waals surface area contributed by atoms with E-state index in [1.54, 1.807) is 18.2 Å². The molecule has 1 heterocycles. The van der Waals surface area contributed by atoms with Gasteiger partial charge in [-0.25, -0.2) is 0 Å². The number of anilines is 1. The maximum absolute atomic E-state index is 12.5. The molecule has 1 aliphatic rings. The van der Waals surface area contributed by atoms with Crippen molar-refractivity contribution in [3.05, 3.63) is 73.6 Å². The second-order valence-electron chi connectivity index (χ2n) is 5.93. The minimum atomic E-state index is -0.599. The van der Waals surface area contributed by atoms with Crippen LogP contribution in [0.3, 0.4) is 0 Å². The van der Waals surface area contributed by atoms with Crippen molar-refractivity contribution < 1.29 is 19.3 Å². The lowest BCUT2D eigenvalue weighted by Crippen LogP contribution is -2.31. The molecule has 3 rings (SSSR count). The lowest BCUT2D eigenvalue weighted by molar-refractivity contribution is -0.383. The zero-order valence-electron chi connectivity index (χ0n) is 14.8. The van der Waals surface area contributed by atoms with Crippen LogP contribution in [0, 0.1) is 10.1 Å². The highest BCUT2D eigenvalue weighted by Gasteiger charge is 2.35. The van der Waals surface area contributed by atoms with E-state index in [1.807, 2.05) is 18.2 Å². The molecule has 2 aromatic carbocycles. The summed E-state index contributed by atoms with van der Waals surface area (Å²) in [6.07, 6.45) is 1.44. The lowest BCUT2D eigenvalue weighted by Gasteiger charge is -2.12. The Morgan fingerprint density at radius 3 is 2.59 bits per heavy atom. The van der Waals surface area contributed by atoms with Crippen LogP contribution in [0.4, 0.5) is 16.2 Å². The van der Waals surface area contributed by atoms with Crippen molar-refractivity contribution in [2.75, 3.05) is 11.9 Å². The summed E-state index contributed by atoms with van der Waals surface area (Å²) >= 11 is 4.19. The molecule has 1 aliphatic heterocycles. The topological polar surface area (TPSA) is 110 Å². The third kappa shape index (κ3) is 4.90. The van der Waals surface area contributed by atoms with Crippen molar-refractivity contribution in [1.29, 1.82) is 0 Å².